The highest BCUT2D eigenvalue weighted by atomic mass is 32.7. The summed E-state index contributed by atoms with van der Waals surface area (Å²) in [6.45, 7) is -4.29. The molecule has 2 bridgehead atoms. The minimum atomic E-state index is -4.33. The molecular weight excluding hydrogens is 649 g/mol. The molecule has 19 nitrogen and oxygen atoms in total. The summed E-state index contributed by atoms with van der Waals surface area (Å²) in [6.07, 6.45) is -6.50. The summed E-state index contributed by atoms with van der Waals surface area (Å²) in [7, 11) is -4.06. The molecule has 0 spiro atoms. The smallest absolute Gasteiger partial charge is 0.386 e. The highest BCUT2D eigenvalue weighted by molar-refractivity contribution is 8.44. The van der Waals surface area contributed by atoms with Crippen LogP contribution in [-0.4, -0.2) is 101 Å². The molecule has 0 aromatic carbocycles. The number of fused-ring (bicyclic) bond motifs is 5. The Morgan fingerprint density at radius 3 is 2.07 bits per heavy atom. The van der Waals surface area contributed by atoms with E-state index in [1.165, 1.54) is 34.4 Å². The first-order valence-electron chi connectivity index (χ1n) is 13.0. The van der Waals surface area contributed by atoms with Crippen LogP contribution in [0.4, 0.5) is 16.0 Å². The molecule has 10 atom stereocenters. The molecule has 236 valence electrons. The molecule has 1 unspecified atom stereocenters. The van der Waals surface area contributed by atoms with E-state index in [9.17, 15) is 14.2 Å². The van der Waals surface area contributed by atoms with Crippen molar-refractivity contribution in [2.24, 2.45) is 0 Å². The van der Waals surface area contributed by atoms with Gasteiger partial charge in [-0.3, -0.25) is 27.3 Å². The van der Waals surface area contributed by atoms with E-state index < -0.39 is 76.8 Å². The number of aliphatic hydroxyl groups is 1. The molecule has 7 heterocycles. The van der Waals surface area contributed by atoms with Crippen molar-refractivity contribution in [3.05, 3.63) is 25.3 Å². The second-order valence-corrected chi connectivity index (χ2v) is 15.1. The minimum Gasteiger partial charge on any atom is -0.387 e. The zero-order valence-corrected chi connectivity index (χ0v) is 25.2. The van der Waals surface area contributed by atoms with E-state index in [0.29, 0.717) is 0 Å². The Bertz CT molecular complexity index is 1830. The molecule has 0 amide bonds. The molecule has 4 aromatic rings. The third kappa shape index (κ3) is 5.16. The quantitative estimate of drug-likeness (QED) is 0.171. The Hall–Kier alpha value is -2.84. The summed E-state index contributed by atoms with van der Waals surface area (Å²) in [6, 6.07) is 0. The molecule has 4 aromatic heterocycles. The lowest BCUT2D eigenvalue weighted by atomic mass is 10.1. The molecule has 0 aliphatic carbocycles. The van der Waals surface area contributed by atoms with Gasteiger partial charge in [0.1, 0.15) is 54.2 Å². The van der Waals surface area contributed by atoms with Crippen molar-refractivity contribution in [2.45, 2.75) is 49.1 Å². The fourth-order valence-electron chi connectivity index (χ4n) is 5.30. The predicted octanol–water partition coefficient (Wildman–Crippen LogP) is 1.00. The zero-order chi connectivity index (χ0) is 31.0. The number of ether oxygens (including phenoxy) is 2. The Kier molecular flexibility index (Phi) is 7.40. The summed E-state index contributed by atoms with van der Waals surface area (Å²) in [5, 5.41) is 11.1. The number of aromatic nitrogens is 8. The molecule has 0 radical (unpaired) electrons. The number of halogens is 1. The maximum atomic E-state index is 16.0. The average molecular weight is 675 g/mol. The first-order chi connectivity index (χ1) is 20.9. The maximum Gasteiger partial charge on any atom is 0.386 e. The lowest BCUT2D eigenvalue weighted by Gasteiger charge is -2.26. The summed E-state index contributed by atoms with van der Waals surface area (Å²) in [5.74, 6) is 0.162. The number of alkyl halides is 1. The number of imidazole rings is 2. The minimum absolute atomic E-state index is 0.0702. The number of nitrogens with zero attached hydrogens (tertiary/aromatic N) is 8. The standard InChI is InChI=1S/C21H25FN10O9P2S/c1-42(34)36-2-8-13(33)15(21(38-8)32-7-30-12-17(24)26-5-28-19(12)32)41-43(35,44)37-3-9-14(40-42)10(22)20(39-9)31-6-29-11-16(23)25-4-27-18(11)31/h4-10,13-15,20-21,33H,2-3H2,1H3,(H,35,44)(H2,23,25,27)(H2,24,26,28)/t8-,9-,10-,13-,14-,15-,20-,21-,42?,43-/m1/s1. The van der Waals surface area contributed by atoms with E-state index >= 15 is 4.39 Å². The van der Waals surface area contributed by atoms with Crippen LogP contribution < -0.4 is 11.5 Å². The van der Waals surface area contributed by atoms with Gasteiger partial charge in [0.2, 0.25) is 0 Å². The number of nitrogens with two attached hydrogens (primary N) is 2. The van der Waals surface area contributed by atoms with Crippen molar-refractivity contribution in [2.75, 3.05) is 31.3 Å². The van der Waals surface area contributed by atoms with Gasteiger partial charge in [0.25, 0.3) is 0 Å². The Labute approximate surface area is 251 Å². The highest BCUT2D eigenvalue weighted by Crippen LogP contribution is 2.58. The van der Waals surface area contributed by atoms with E-state index in [-0.39, 0.29) is 34.0 Å². The number of rotatable bonds is 2. The largest absolute Gasteiger partial charge is 0.387 e. The van der Waals surface area contributed by atoms with Crippen molar-refractivity contribution in [1.82, 2.24) is 39.0 Å². The van der Waals surface area contributed by atoms with E-state index in [4.69, 9.17) is 39.0 Å². The van der Waals surface area contributed by atoms with E-state index in [1.54, 1.807) is 0 Å². The molecule has 44 heavy (non-hydrogen) atoms. The topological polar surface area (TPSA) is 249 Å². The third-order valence-corrected chi connectivity index (χ3v) is 10.2. The fourth-order valence-corrected chi connectivity index (χ4v) is 7.93. The molecule has 3 fully saturated rings. The summed E-state index contributed by atoms with van der Waals surface area (Å²) < 4.78 is 80.0. The monoisotopic (exact) mass is 674 g/mol. The Morgan fingerprint density at radius 2 is 1.43 bits per heavy atom. The van der Waals surface area contributed by atoms with Crippen LogP contribution in [0.3, 0.4) is 0 Å². The summed E-state index contributed by atoms with van der Waals surface area (Å²) in [5.41, 5.74) is 12.6. The van der Waals surface area contributed by atoms with Gasteiger partial charge < -0.3 is 30.6 Å². The first-order valence-corrected chi connectivity index (χ1v) is 17.7. The van der Waals surface area contributed by atoms with E-state index in [2.05, 4.69) is 42.2 Å². The molecule has 3 aliphatic heterocycles. The van der Waals surface area contributed by atoms with Crippen LogP contribution in [0.5, 0.6) is 0 Å². The molecule has 5 N–H and O–H groups in total. The zero-order valence-electron chi connectivity index (χ0n) is 22.5. The normalized spacial score (nSPS) is 38.3. The van der Waals surface area contributed by atoms with Gasteiger partial charge in [-0.15, -0.1) is 0 Å². The number of hydrogen-bond acceptors (Lipinski definition) is 17. The van der Waals surface area contributed by atoms with Crippen LogP contribution in [0.25, 0.3) is 22.3 Å². The molecule has 0 saturated carbocycles. The SMILES string of the molecule is CP1(=O)OC[C@H]2O[C@@H](n3cnc4c(N)ncnc43)[C@H](O[P@](=O)(S)OC[C@H]3O[C@@H](n4cnc5c(N)ncnc54)[C@H](F)[C@@H]3O1)[C@@H]2O. The van der Waals surface area contributed by atoms with Gasteiger partial charge in [-0.25, -0.2) is 38.9 Å². The molecule has 3 saturated heterocycles. The van der Waals surface area contributed by atoms with Gasteiger partial charge in [0.05, 0.1) is 25.9 Å². The molecule has 7 rings (SSSR count). The number of thiol groups is 1. The summed E-state index contributed by atoms with van der Waals surface area (Å²) >= 11 is 4.09. The number of anilines is 2. The van der Waals surface area contributed by atoms with Crippen LogP contribution in [-0.2, 0) is 36.7 Å². The lowest BCUT2D eigenvalue weighted by molar-refractivity contribution is -0.0577. The second-order valence-electron chi connectivity index (χ2n) is 10.2. The van der Waals surface area contributed by atoms with Crippen molar-refractivity contribution >= 4 is 60.6 Å². The third-order valence-electron chi connectivity index (χ3n) is 7.35. The van der Waals surface area contributed by atoms with Gasteiger partial charge >= 0.3 is 14.4 Å². The lowest BCUT2D eigenvalue weighted by Crippen LogP contribution is -2.35. The Balaban J connectivity index is 1.20. The number of nitrogen functional groups attached to an aromatic ring is 2. The van der Waals surface area contributed by atoms with Crippen LogP contribution in [0, 0.1) is 0 Å². The van der Waals surface area contributed by atoms with Crippen LogP contribution in [0.1, 0.15) is 12.5 Å². The maximum absolute atomic E-state index is 16.0. The number of aliphatic hydroxyl groups excluding tert-OH is 1. The van der Waals surface area contributed by atoms with Crippen molar-refractivity contribution in [3.8, 4) is 0 Å². The van der Waals surface area contributed by atoms with Crippen molar-refractivity contribution in [3.63, 3.8) is 0 Å². The van der Waals surface area contributed by atoms with E-state index in [0.717, 1.165) is 6.66 Å². The van der Waals surface area contributed by atoms with Gasteiger partial charge in [-0.2, -0.15) is 0 Å². The van der Waals surface area contributed by atoms with E-state index in [1.807, 2.05) is 0 Å². The fraction of sp³-hybridized carbons (Fsp3) is 0.524. The Morgan fingerprint density at radius 1 is 0.864 bits per heavy atom. The highest BCUT2D eigenvalue weighted by Gasteiger charge is 2.53. The predicted molar refractivity (Wildman–Crippen MR) is 150 cm³/mol. The van der Waals surface area contributed by atoms with Gasteiger partial charge in [-0.1, -0.05) is 12.2 Å². The van der Waals surface area contributed by atoms with Crippen molar-refractivity contribution in [1.29, 1.82) is 0 Å². The molecule has 23 heteroatoms. The van der Waals surface area contributed by atoms with Crippen LogP contribution >= 0.6 is 26.6 Å². The van der Waals surface area contributed by atoms with Crippen LogP contribution in [0.15, 0.2) is 25.3 Å². The van der Waals surface area contributed by atoms with Crippen LogP contribution in [0.2, 0.25) is 0 Å². The molecule has 3 aliphatic rings. The van der Waals surface area contributed by atoms with Crippen molar-refractivity contribution < 1.29 is 46.2 Å². The van der Waals surface area contributed by atoms with Gasteiger partial charge in [-0.05, 0) is 0 Å². The average Bonchev–Trinajstić information content (AvgIpc) is 3.73. The van der Waals surface area contributed by atoms with Gasteiger partial charge in [0, 0.05) is 6.66 Å². The first kappa shape index (κ1) is 29.8. The second kappa shape index (κ2) is 10.9. The van der Waals surface area contributed by atoms with Gasteiger partial charge in [0.15, 0.2) is 41.6 Å². The summed E-state index contributed by atoms with van der Waals surface area (Å²) in [4.78, 5) is 24.4. The number of hydrogen-bond donors (Lipinski definition) is 4. The molecular formula is C21H25FN10O9P2S.